The summed E-state index contributed by atoms with van der Waals surface area (Å²) in [6.07, 6.45) is 2.72. The fourth-order valence-electron chi connectivity index (χ4n) is 3.17. The van der Waals surface area contributed by atoms with Gasteiger partial charge < -0.3 is 10.5 Å². The summed E-state index contributed by atoms with van der Waals surface area (Å²) < 4.78 is 33.3. The summed E-state index contributed by atoms with van der Waals surface area (Å²) in [5.74, 6) is 0. The van der Waals surface area contributed by atoms with Crippen molar-refractivity contribution in [2.45, 2.75) is 49.8 Å². The molecule has 0 radical (unpaired) electrons. The van der Waals surface area contributed by atoms with Crippen molar-refractivity contribution in [3.8, 4) is 0 Å². The Kier molecular flexibility index (Phi) is 4.05. The van der Waals surface area contributed by atoms with Gasteiger partial charge in [0.25, 0.3) is 0 Å². The summed E-state index contributed by atoms with van der Waals surface area (Å²) in [4.78, 5) is 0.411. The molecule has 1 aromatic carbocycles. The van der Waals surface area contributed by atoms with Gasteiger partial charge in [0.1, 0.15) is 0 Å². The first kappa shape index (κ1) is 15.0. The van der Waals surface area contributed by atoms with Crippen LogP contribution in [0.2, 0.25) is 0 Å². The fourth-order valence-corrected chi connectivity index (χ4v) is 5.02. The average molecular weight is 310 g/mol. The molecule has 0 aliphatic carbocycles. The zero-order chi connectivity index (χ0) is 15.0. The zero-order valence-electron chi connectivity index (χ0n) is 12.3. The number of ether oxygens (including phenoxy) is 1. The van der Waals surface area contributed by atoms with Crippen molar-refractivity contribution >= 4 is 10.0 Å². The molecule has 2 aliphatic rings. The molecular weight excluding hydrogens is 288 g/mol. The molecule has 6 heteroatoms. The van der Waals surface area contributed by atoms with Crippen LogP contribution in [0.3, 0.4) is 0 Å². The minimum atomic E-state index is -3.47. The highest BCUT2D eigenvalue weighted by Gasteiger charge is 2.39. The number of morpholine rings is 1. The van der Waals surface area contributed by atoms with E-state index >= 15 is 0 Å². The van der Waals surface area contributed by atoms with Crippen molar-refractivity contribution < 1.29 is 13.2 Å². The van der Waals surface area contributed by atoms with E-state index in [1.165, 1.54) is 0 Å². The zero-order valence-corrected chi connectivity index (χ0v) is 13.1. The molecule has 2 bridgehead atoms. The lowest BCUT2D eigenvalue weighted by Crippen LogP contribution is -2.45. The van der Waals surface area contributed by atoms with Gasteiger partial charge in [0, 0.05) is 19.6 Å². The highest BCUT2D eigenvalue weighted by atomic mass is 32.2. The van der Waals surface area contributed by atoms with E-state index in [4.69, 9.17) is 10.5 Å². The van der Waals surface area contributed by atoms with Crippen molar-refractivity contribution in [3.63, 3.8) is 0 Å². The molecule has 116 valence electrons. The SMILES string of the molecule is CCc1ccc(CN)cc1S(=O)(=O)N1CC2CCC(C1)O2. The van der Waals surface area contributed by atoms with E-state index in [1.54, 1.807) is 10.4 Å². The maximum atomic E-state index is 13.0. The summed E-state index contributed by atoms with van der Waals surface area (Å²) in [7, 11) is -3.47. The second-order valence-electron chi connectivity index (χ2n) is 5.78. The lowest BCUT2D eigenvalue weighted by atomic mass is 10.1. The van der Waals surface area contributed by atoms with Gasteiger partial charge in [-0.3, -0.25) is 0 Å². The van der Waals surface area contributed by atoms with Crippen LogP contribution in [0.1, 0.15) is 30.9 Å². The van der Waals surface area contributed by atoms with Crippen LogP contribution < -0.4 is 5.73 Å². The van der Waals surface area contributed by atoms with Crippen molar-refractivity contribution in [1.29, 1.82) is 0 Å². The van der Waals surface area contributed by atoms with Crippen LogP contribution >= 0.6 is 0 Å². The summed E-state index contributed by atoms with van der Waals surface area (Å²) in [5.41, 5.74) is 7.36. The van der Waals surface area contributed by atoms with Crippen LogP contribution in [0, 0.1) is 0 Å². The first-order valence-corrected chi connectivity index (χ1v) is 8.96. The van der Waals surface area contributed by atoms with Gasteiger partial charge in [-0.2, -0.15) is 4.31 Å². The molecule has 2 saturated heterocycles. The monoisotopic (exact) mass is 310 g/mol. The molecule has 5 nitrogen and oxygen atoms in total. The molecule has 2 N–H and O–H groups in total. The fraction of sp³-hybridized carbons (Fsp3) is 0.600. The van der Waals surface area contributed by atoms with Crippen LogP contribution in [0.15, 0.2) is 23.1 Å². The van der Waals surface area contributed by atoms with Crippen molar-refractivity contribution in [2.24, 2.45) is 5.73 Å². The highest BCUT2D eigenvalue weighted by Crippen LogP contribution is 2.31. The molecule has 0 spiro atoms. The molecule has 3 rings (SSSR count). The summed E-state index contributed by atoms with van der Waals surface area (Å²) in [6, 6.07) is 5.51. The predicted molar refractivity (Wildman–Crippen MR) is 80.4 cm³/mol. The largest absolute Gasteiger partial charge is 0.372 e. The van der Waals surface area contributed by atoms with Crippen LogP contribution in [-0.2, 0) is 27.7 Å². The van der Waals surface area contributed by atoms with Crippen molar-refractivity contribution in [1.82, 2.24) is 4.31 Å². The van der Waals surface area contributed by atoms with Gasteiger partial charge in [0.2, 0.25) is 10.0 Å². The highest BCUT2D eigenvalue weighted by molar-refractivity contribution is 7.89. The van der Waals surface area contributed by atoms with Crippen LogP contribution in [0.5, 0.6) is 0 Å². The lowest BCUT2D eigenvalue weighted by Gasteiger charge is -2.31. The number of nitrogens with zero attached hydrogens (tertiary/aromatic N) is 1. The minimum Gasteiger partial charge on any atom is -0.372 e. The molecule has 2 atom stereocenters. The predicted octanol–water partition coefficient (Wildman–Crippen LogP) is 1.26. The molecule has 2 aliphatic heterocycles. The van der Waals surface area contributed by atoms with Gasteiger partial charge in [-0.15, -0.1) is 0 Å². The Labute approximate surface area is 126 Å². The van der Waals surface area contributed by atoms with Gasteiger partial charge in [0.15, 0.2) is 0 Å². The van der Waals surface area contributed by atoms with Crippen LogP contribution in [0.4, 0.5) is 0 Å². The molecule has 2 heterocycles. The second kappa shape index (κ2) is 5.68. The van der Waals surface area contributed by atoms with Crippen molar-refractivity contribution in [2.75, 3.05) is 13.1 Å². The number of sulfonamides is 1. The second-order valence-corrected chi connectivity index (χ2v) is 7.69. The molecule has 0 aromatic heterocycles. The summed E-state index contributed by atoms with van der Waals surface area (Å²) in [6.45, 7) is 3.25. The van der Waals surface area contributed by atoms with E-state index in [9.17, 15) is 8.42 Å². The Hall–Kier alpha value is -0.950. The first-order valence-electron chi connectivity index (χ1n) is 7.52. The van der Waals surface area contributed by atoms with E-state index in [-0.39, 0.29) is 12.2 Å². The Morgan fingerprint density at radius 2 is 1.95 bits per heavy atom. The topological polar surface area (TPSA) is 72.6 Å². The van der Waals surface area contributed by atoms with Crippen molar-refractivity contribution in [3.05, 3.63) is 29.3 Å². The molecule has 21 heavy (non-hydrogen) atoms. The van der Waals surface area contributed by atoms with Gasteiger partial charge in [-0.1, -0.05) is 19.1 Å². The number of rotatable bonds is 4. The normalized spacial score (nSPS) is 26.2. The number of hydrogen-bond acceptors (Lipinski definition) is 4. The Balaban J connectivity index is 1.97. The third kappa shape index (κ3) is 2.73. The standard InChI is InChI=1S/C15H22N2O3S/c1-2-12-4-3-11(8-16)7-15(12)21(18,19)17-9-13-5-6-14(10-17)20-13/h3-4,7,13-14H,2,5-6,8-10,16H2,1H3. The van der Waals surface area contributed by atoms with Crippen LogP contribution in [0.25, 0.3) is 0 Å². The molecular formula is C15H22N2O3S. The molecule has 0 saturated carbocycles. The number of fused-ring (bicyclic) bond motifs is 2. The molecule has 2 fully saturated rings. The third-order valence-corrected chi connectivity index (χ3v) is 6.29. The maximum Gasteiger partial charge on any atom is 0.243 e. The van der Waals surface area contributed by atoms with E-state index in [2.05, 4.69) is 0 Å². The molecule has 0 amide bonds. The Morgan fingerprint density at radius 3 is 2.52 bits per heavy atom. The lowest BCUT2D eigenvalue weighted by molar-refractivity contribution is -0.0114. The number of aryl methyl sites for hydroxylation is 1. The summed E-state index contributed by atoms with van der Waals surface area (Å²) in [5, 5.41) is 0. The Morgan fingerprint density at radius 1 is 1.29 bits per heavy atom. The Bertz CT molecular complexity index is 618. The van der Waals surface area contributed by atoms with E-state index in [1.807, 2.05) is 19.1 Å². The number of hydrogen-bond donors (Lipinski definition) is 1. The quantitative estimate of drug-likeness (QED) is 0.909. The maximum absolute atomic E-state index is 13.0. The van der Waals surface area contributed by atoms with Gasteiger partial charge in [0.05, 0.1) is 17.1 Å². The van der Waals surface area contributed by atoms with Gasteiger partial charge in [-0.25, -0.2) is 8.42 Å². The van der Waals surface area contributed by atoms with Crippen LogP contribution in [-0.4, -0.2) is 38.0 Å². The first-order chi connectivity index (χ1) is 10.0. The van der Waals surface area contributed by atoms with E-state index in [0.29, 0.717) is 31.0 Å². The summed E-state index contributed by atoms with van der Waals surface area (Å²) >= 11 is 0. The van der Waals surface area contributed by atoms with E-state index in [0.717, 1.165) is 24.0 Å². The minimum absolute atomic E-state index is 0.0568. The van der Waals surface area contributed by atoms with Gasteiger partial charge >= 0.3 is 0 Å². The molecule has 1 aromatic rings. The number of benzene rings is 1. The number of nitrogens with two attached hydrogens (primary N) is 1. The van der Waals surface area contributed by atoms with Gasteiger partial charge in [-0.05, 0) is 36.5 Å². The average Bonchev–Trinajstić information content (AvgIpc) is 2.84. The molecule has 2 unspecified atom stereocenters. The third-order valence-electron chi connectivity index (χ3n) is 4.38. The smallest absolute Gasteiger partial charge is 0.243 e. The van der Waals surface area contributed by atoms with E-state index < -0.39 is 10.0 Å².